The van der Waals surface area contributed by atoms with E-state index in [1.165, 1.54) is 7.11 Å². The Kier molecular flexibility index (Phi) is 5.37. The summed E-state index contributed by atoms with van der Waals surface area (Å²) in [5.41, 5.74) is -0.532. The Labute approximate surface area is 87.7 Å². The van der Waals surface area contributed by atoms with E-state index >= 15 is 0 Å². The highest BCUT2D eigenvalue weighted by Crippen LogP contribution is 2.07. The standard InChI is InChI=1S/C8H15NO4S/c1-8(2,3)13-7(11)9-14-5-6(10)12-4/h5H2,1-4H3,(H,9,11). The number of hydrogen-bond donors (Lipinski definition) is 1. The maximum absolute atomic E-state index is 11.0. The molecule has 0 aliphatic heterocycles. The van der Waals surface area contributed by atoms with Crippen molar-refractivity contribution >= 4 is 24.0 Å². The largest absolute Gasteiger partial charge is 0.468 e. The summed E-state index contributed by atoms with van der Waals surface area (Å²) in [6.45, 7) is 5.28. The second-order valence-corrected chi connectivity index (χ2v) is 4.25. The summed E-state index contributed by atoms with van der Waals surface area (Å²) >= 11 is 0.936. The van der Waals surface area contributed by atoms with E-state index in [9.17, 15) is 9.59 Å². The zero-order valence-corrected chi connectivity index (χ0v) is 9.56. The molecule has 0 saturated heterocycles. The highest BCUT2D eigenvalue weighted by molar-refractivity contribution is 7.98. The van der Waals surface area contributed by atoms with Crippen LogP contribution in [0.3, 0.4) is 0 Å². The Morgan fingerprint density at radius 3 is 2.36 bits per heavy atom. The van der Waals surface area contributed by atoms with E-state index in [1.807, 2.05) is 0 Å². The molecule has 0 bridgehead atoms. The molecule has 1 N–H and O–H groups in total. The fraction of sp³-hybridized carbons (Fsp3) is 0.750. The summed E-state index contributed by atoms with van der Waals surface area (Å²) in [5, 5.41) is 0. The van der Waals surface area contributed by atoms with Gasteiger partial charge in [-0.3, -0.25) is 9.52 Å². The monoisotopic (exact) mass is 221 g/mol. The number of carbonyl (C=O) groups excluding carboxylic acids is 2. The molecule has 0 aliphatic rings. The quantitative estimate of drug-likeness (QED) is 0.575. The normalized spacial score (nSPS) is 10.6. The molecule has 0 radical (unpaired) electrons. The first-order valence-corrected chi connectivity index (χ1v) is 5.01. The second kappa shape index (κ2) is 5.74. The van der Waals surface area contributed by atoms with Gasteiger partial charge in [0.1, 0.15) is 11.4 Å². The van der Waals surface area contributed by atoms with Crippen molar-refractivity contribution in [3.05, 3.63) is 0 Å². The number of amides is 1. The summed E-state index contributed by atoms with van der Waals surface area (Å²) in [4.78, 5) is 21.7. The van der Waals surface area contributed by atoms with E-state index in [1.54, 1.807) is 20.8 Å². The fourth-order valence-corrected chi connectivity index (χ4v) is 0.979. The SMILES string of the molecule is COC(=O)CSNC(=O)OC(C)(C)C. The average Bonchev–Trinajstić information content (AvgIpc) is 2.00. The van der Waals surface area contributed by atoms with Gasteiger partial charge in [-0.05, 0) is 32.7 Å². The highest BCUT2D eigenvalue weighted by atomic mass is 32.2. The minimum absolute atomic E-state index is 0.0652. The van der Waals surface area contributed by atoms with Crippen LogP contribution in [0.15, 0.2) is 0 Å². The third-order valence-corrected chi connectivity index (χ3v) is 1.66. The van der Waals surface area contributed by atoms with Gasteiger partial charge in [0.2, 0.25) is 0 Å². The number of nitrogens with one attached hydrogen (secondary N) is 1. The van der Waals surface area contributed by atoms with Crippen LogP contribution >= 0.6 is 11.9 Å². The van der Waals surface area contributed by atoms with Crippen molar-refractivity contribution in [3.63, 3.8) is 0 Å². The highest BCUT2D eigenvalue weighted by Gasteiger charge is 2.16. The van der Waals surface area contributed by atoms with Crippen molar-refractivity contribution in [2.24, 2.45) is 0 Å². The van der Waals surface area contributed by atoms with Gasteiger partial charge in [0.15, 0.2) is 0 Å². The molecule has 0 heterocycles. The summed E-state index contributed by atoms with van der Waals surface area (Å²) < 4.78 is 11.7. The lowest BCUT2D eigenvalue weighted by Crippen LogP contribution is -2.29. The van der Waals surface area contributed by atoms with Crippen molar-refractivity contribution in [2.75, 3.05) is 12.9 Å². The number of rotatable bonds is 3. The minimum Gasteiger partial charge on any atom is -0.468 e. The van der Waals surface area contributed by atoms with Crippen LogP contribution in [0.25, 0.3) is 0 Å². The van der Waals surface area contributed by atoms with Crippen molar-refractivity contribution in [3.8, 4) is 0 Å². The van der Waals surface area contributed by atoms with Gasteiger partial charge in [-0.1, -0.05) is 0 Å². The van der Waals surface area contributed by atoms with Crippen molar-refractivity contribution < 1.29 is 19.1 Å². The molecule has 6 heteroatoms. The fourth-order valence-electron chi connectivity index (χ4n) is 0.512. The molecule has 0 spiro atoms. The van der Waals surface area contributed by atoms with Gasteiger partial charge in [-0.25, -0.2) is 4.79 Å². The van der Waals surface area contributed by atoms with Crippen LogP contribution in [0.4, 0.5) is 4.79 Å². The van der Waals surface area contributed by atoms with E-state index < -0.39 is 17.7 Å². The molecule has 0 aromatic rings. The first-order chi connectivity index (χ1) is 6.35. The Bertz CT molecular complexity index is 212. The lowest BCUT2D eigenvalue weighted by atomic mass is 10.2. The zero-order chi connectivity index (χ0) is 11.2. The number of methoxy groups -OCH3 is 1. The zero-order valence-electron chi connectivity index (χ0n) is 8.75. The predicted octanol–water partition coefficient (Wildman–Crippen LogP) is 1.33. The van der Waals surface area contributed by atoms with E-state index in [0.717, 1.165) is 11.9 Å². The van der Waals surface area contributed by atoms with Crippen LogP contribution in [-0.4, -0.2) is 30.5 Å². The van der Waals surface area contributed by atoms with Crippen LogP contribution in [0, 0.1) is 0 Å². The number of hydrogen-bond acceptors (Lipinski definition) is 5. The molecule has 0 unspecified atom stereocenters. The molecule has 0 rings (SSSR count). The van der Waals surface area contributed by atoms with Crippen LogP contribution in [0.1, 0.15) is 20.8 Å². The van der Waals surface area contributed by atoms with Crippen LogP contribution < -0.4 is 4.72 Å². The first kappa shape index (κ1) is 13.1. The van der Waals surface area contributed by atoms with E-state index in [4.69, 9.17) is 4.74 Å². The molecular formula is C8H15NO4S. The van der Waals surface area contributed by atoms with Crippen molar-refractivity contribution in [1.29, 1.82) is 0 Å². The third kappa shape index (κ3) is 7.72. The first-order valence-electron chi connectivity index (χ1n) is 4.03. The lowest BCUT2D eigenvalue weighted by molar-refractivity contribution is -0.137. The van der Waals surface area contributed by atoms with Gasteiger partial charge in [-0.2, -0.15) is 0 Å². The van der Waals surface area contributed by atoms with Crippen LogP contribution in [-0.2, 0) is 14.3 Å². The molecule has 0 fully saturated rings. The van der Waals surface area contributed by atoms with E-state index in [0.29, 0.717) is 0 Å². The van der Waals surface area contributed by atoms with Gasteiger partial charge >= 0.3 is 12.1 Å². The Hall–Kier alpha value is -0.910. The maximum Gasteiger partial charge on any atom is 0.417 e. The third-order valence-electron chi connectivity index (χ3n) is 0.972. The van der Waals surface area contributed by atoms with Gasteiger partial charge in [0.25, 0.3) is 0 Å². The summed E-state index contributed by atoms with van der Waals surface area (Å²) in [6, 6.07) is 0. The summed E-state index contributed by atoms with van der Waals surface area (Å²) in [6.07, 6.45) is -0.564. The molecule has 14 heavy (non-hydrogen) atoms. The predicted molar refractivity (Wildman–Crippen MR) is 53.8 cm³/mol. The van der Waals surface area contributed by atoms with Gasteiger partial charge < -0.3 is 9.47 Å². The maximum atomic E-state index is 11.0. The van der Waals surface area contributed by atoms with E-state index in [2.05, 4.69) is 9.46 Å². The van der Waals surface area contributed by atoms with Crippen LogP contribution in [0.2, 0.25) is 0 Å². The van der Waals surface area contributed by atoms with E-state index in [-0.39, 0.29) is 5.75 Å². The molecule has 0 atom stereocenters. The number of ether oxygens (including phenoxy) is 2. The molecular weight excluding hydrogens is 206 g/mol. The topological polar surface area (TPSA) is 64.6 Å². The number of esters is 1. The average molecular weight is 221 g/mol. The minimum atomic E-state index is -0.564. The number of carbonyl (C=O) groups is 2. The Morgan fingerprint density at radius 2 is 1.93 bits per heavy atom. The Morgan fingerprint density at radius 1 is 1.36 bits per heavy atom. The summed E-state index contributed by atoms with van der Waals surface area (Å²) in [5.74, 6) is -0.332. The Balaban J connectivity index is 3.60. The van der Waals surface area contributed by atoms with Crippen LogP contribution in [0.5, 0.6) is 0 Å². The smallest absolute Gasteiger partial charge is 0.417 e. The van der Waals surface area contributed by atoms with Crippen molar-refractivity contribution in [1.82, 2.24) is 4.72 Å². The van der Waals surface area contributed by atoms with Gasteiger partial charge in [0.05, 0.1) is 7.11 Å². The molecule has 0 aliphatic carbocycles. The molecule has 0 aromatic carbocycles. The lowest BCUT2D eigenvalue weighted by Gasteiger charge is -2.19. The molecule has 5 nitrogen and oxygen atoms in total. The molecule has 0 aromatic heterocycles. The van der Waals surface area contributed by atoms with Gasteiger partial charge in [-0.15, -0.1) is 0 Å². The molecule has 0 saturated carbocycles. The summed E-state index contributed by atoms with van der Waals surface area (Å²) in [7, 11) is 1.29. The second-order valence-electron chi connectivity index (χ2n) is 3.47. The van der Waals surface area contributed by atoms with Gasteiger partial charge in [0, 0.05) is 0 Å². The van der Waals surface area contributed by atoms with Crippen molar-refractivity contribution in [2.45, 2.75) is 26.4 Å². The molecule has 1 amide bonds. The molecule has 82 valence electrons.